The minimum atomic E-state index is -4.04. The van der Waals surface area contributed by atoms with Gasteiger partial charge in [0, 0.05) is 39.8 Å². The van der Waals surface area contributed by atoms with Gasteiger partial charge in [-0.2, -0.15) is 16.8 Å². The van der Waals surface area contributed by atoms with Gasteiger partial charge in [-0.15, -0.1) is 0 Å². The fourth-order valence-electron chi connectivity index (χ4n) is 1.55. The molecule has 0 aliphatic carbocycles. The summed E-state index contributed by atoms with van der Waals surface area (Å²) in [4.78, 5) is 8.44. The minimum Gasteiger partial charge on any atom is -0.304 e. The predicted molar refractivity (Wildman–Crippen MR) is 81.8 cm³/mol. The first-order valence-electron chi connectivity index (χ1n) is 6.63. The molecule has 0 rings (SSSR count). The van der Waals surface area contributed by atoms with E-state index in [0.717, 1.165) is 0 Å². The zero-order valence-electron chi connectivity index (χ0n) is 12.8. The zero-order valence-corrected chi connectivity index (χ0v) is 14.4. The first kappa shape index (κ1) is 21.7. The molecule has 0 saturated heterocycles. The summed E-state index contributed by atoms with van der Waals surface area (Å²) in [7, 11) is -4.75. The van der Waals surface area contributed by atoms with Gasteiger partial charge in [-0.3, -0.25) is 14.0 Å². The van der Waals surface area contributed by atoms with Crippen LogP contribution in [-0.4, -0.2) is 101 Å². The van der Waals surface area contributed by atoms with Gasteiger partial charge in [-0.05, 0) is 7.05 Å². The standard InChI is InChI=1S/C10H25N3O7S2/c1-11-20-8-5-13(7-10-22(17,18)19)4-3-12(2)6-9-21(14,15)16/h11H,3-10H2,1-2H3,(H,14,15,16)(H,17,18,19). The van der Waals surface area contributed by atoms with Gasteiger partial charge in [-0.1, -0.05) is 0 Å². The van der Waals surface area contributed by atoms with Crippen LogP contribution < -0.4 is 5.48 Å². The van der Waals surface area contributed by atoms with Crippen LogP contribution in [0, 0.1) is 0 Å². The second-order valence-corrected chi connectivity index (χ2v) is 7.91. The maximum Gasteiger partial charge on any atom is 0.266 e. The van der Waals surface area contributed by atoms with Gasteiger partial charge < -0.3 is 9.74 Å². The maximum absolute atomic E-state index is 10.8. The van der Waals surface area contributed by atoms with Crippen LogP contribution in [0.2, 0.25) is 0 Å². The molecule has 12 heteroatoms. The molecule has 0 aromatic rings. The van der Waals surface area contributed by atoms with Gasteiger partial charge in [0.25, 0.3) is 20.2 Å². The zero-order chi connectivity index (χ0) is 17.2. The first-order valence-corrected chi connectivity index (χ1v) is 9.85. The van der Waals surface area contributed by atoms with E-state index >= 15 is 0 Å². The highest BCUT2D eigenvalue weighted by atomic mass is 32.2. The smallest absolute Gasteiger partial charge is 0.266 e. The maximum atomic E-state index is 10.8. The van der Waals surface area contributed by atoms with Gasteiger partial charge >= 0.3 is 0 Å². The van der Waals surface area contributed by atoms with Crippen LogP contribution in [0.5, 0.6) is 0 Å². The molecule has 0 radical (unpaired) electrons. The lowest BCUT2D eigenvalue weighted by molar-refractivity contribution is 0.0402. The SMILES string of the molecule is CNOCCN(CCN(C)CCS(=O)(=O)O)CCS(=O)(=O)O. The summed E-state index contributed by atoms with van der Waals surface area (Å²) >= 11 is 0. The van der Waals surface area contributed by atoms with Crippen LogP contribution in [0.3, 0.4) is 0 Å². The topological polar surface area (TPSA) is 136 Å². The molecule has 0 fully saturated rings. The van der Waals surface area contributed by atoms with E-state index in [4.69, 9.17) is 13.9 Å². The molecule has 0 heterocycles. The Morgan fingerprint density at radius 2 is 1.45 bits per heavy atom. The molecule has 0 spiro atoms. The first-order chi connectivity index (χ1) is 10.0. The van der Waals surface area contributed by atoms with Crippen molar-refractivity contribution < 1.29 is 30.8 Å². The molecule has 10 nitrogen and oxygen atoms in total. The van der Waals surface area contributed by atoms with Crippen LogP contribution in [0.1, 0.15) is 0 Å². The predicted octanol–water partition coefficient (Wildman–Crippen LogP) is -1.85. The summed E-state index contributed by atoms with van der Waals surface area (Å²) in [6, 6.07) is 0. The molecular formula is C10H25N3O7S2. The molecule has 0 amide bonds. The van der Waals surface area contributed by atoms with Crippen LogP contribution in [0.15, 0.2) is 0 Å². The van der Waals surface area contributed by atoms with Crippen molar-refractivity contribution in [1.82, 2.24) is 15.3 Å². The van der Waals surface area contributed by atoms with Crippen molar-refractivity contribution in [2.45, 2.75) is 0 Å². The number of likely N-dealkylation sites (N-methyl/N-ethyl adjacent to an activating group) is 1. The summed E-state index contributed by atoms with van der Waals surface area (Å²) in [5, 5.41) is 0. The lowest BCUT2D eigenvalue weighted by Gasteiger charge is -2.24. The summed E-state index contributed by atoms with van der Waals surface area (Å²) in [6.45, 7) is 2.01. The van der Waals surface area contributed by atoms with Crippen LogP contribution in [0.4, 0.5) is 0 Å². The number of hydrogen-bond acceptors (Lipinski definition) is 8. The molecule has 0 bridgehead atoms. The fourth-order valence-corrected chi connectivity index (χ4v) is 2.58. The molecule has 0 saturated carbocycles. The number of nitrogens with one attached hydrogen (secondary N) is 1. The van der Waals surface area contributed by atoms with E-state index < -0.39 is 20.2 Å². The number of rotatable bonds is 13. The lowest BCUT2D eigenvalue weighted by atomic mass is 10.4. The van der Waals surface area contributed by atoms with Crippen molar-refractivity contribution >= 4 is 20.2 Å². The average molecular weight is 363 g/mol. The Morgan fingerprint density at radius 1 is 0.909 bits per heavy atom. The van der Waals surface area contributed by atoms with E-state index in [9.17, 15) is 16.8 Å². The summed E-state index contributed by atoms with van der Waals surface area (Å²) in [6.07, 6.45) is 0. The van der Waals surface area contributed by atoms with E-state index in [2.05, 4.69) is 5.48 Å². The molecule has 22 heavy (non-hydrogen) atoms. The largest absolute Gasteiger partial charge is 0.304 e. The van der Waals surface area contributed by atoms with Crippen molar-refractivity contribution in [3.8, 4) is 0 Å². The van der Waals surface area contributed by atoms with E-state index in [0.29, 0.717) is 26.2 Å². The lowest BCUT2D eigenvalue weighted by Crippen LogP contribution is -2.39. The number of hydroxylamine groups is 1. The van der Waals surface area contributed by atoms with Crippen molar-refractivity contribution in [2.75, 3.05) is 64.9 Å². The normalized spacial score (nSPS) is 13.2. The van der Waals surface area contributed by atoms with Gasteiger partial charge in [0.15, 0.2) is 0 Å². The van der Waals surface area contributed by atoms with Gasteiger partial charge in [0.2, 0.25) is 0 Å². The second-order valence-electron chi connectivity index (χ2n) is 4.77. The molecule has 0 unspecified atom stereocenters. The molecule has 0 aromatic carbocycles. The third-order valence-electron chi connectivity index (χ3n) is 2.85. The molecule has 0 atom stereocenters. The fraction of sp³-hybridized carbons (Fsp3) is 1.00. The van der Waals surface area contributed by atoms with Crippen LogP contribution in [-0.2, 0) is 25.1 Å². The van der Waals surface area contributed by atoms with Crippen molar-refractivity contribution in [3.05, 3.63) is 0 Å². The van der Waals surface area contributed by atoms with E-state index in [1.165, 1.54) is 0 Å². The number of hydrogen-bond donors (Lipinski definition) is 3. The monoisotopic (exact) mass is 363 g/mol. The number of nitrogens with zero attached hydrogens (tertiary/aromatic N) is 2. The van der Waals surface area contributed by atoms with E-state index in [-0.39, 0.29) is 24.6 Å². The van der Waals surface area contributed by atoms with Gasteiger partial charge in [-0.25, -0.2) is 5.48 Å². The molecule has 0 aliphatic rings. The molecule has 0 aromatic heterocycles. The quantitative estimate of drug-likeness (QED) is 0.194. The molecule has 0 aliphatic heterocycles. The third-order valence-corrected chi connectivity index (χ3v) is 4.25. The highest BCUT2D eigenvalue weighted by Crippen LogP contribution is 1.95. The minimum absolute atomic E-state index is 0.137. The van der Waals surface area contributed by atoms with E-state index in [1.807, 2.05) is 0 Å². The molecule has 134 valence electrons. The Labute approximate surface area is 131 Å². The Bertz CT molecular complexity index is 495. The Hall–Kier alpha value is -0.340. The average Bonchev–Trinajstić information content (AvgIpc) is 2.37. The van der Waals surface area contributed by atoms with Gasteiger partial charge in [0.1, 0.15) is 0 Å². The van der Waals surface area contributed by atoms with Gasteiger partial charge in [0.05, 0.1) is 18.1 Å². The summed E-state index contributed by atoms with van der Waals surface area (Å²) < 4.78 is 60.4. The highest BCUT2D eigenvalue weighted by molar-refractivity contribution is 7.86. The third kappa shape index (κ3) is 14.6. The Morgan fingerprint density at radius 3 is 1.95 bits per heavy atom. The van der Waals surface area contributed by atoms with Crippen molar-refractivity contribution in [2.24, 2.45) is 0 Å². The summed E-state index contributed by atoms with van der Waals surface area (Å²) in [5.74, 6) is -0.751. The van der Waals surface area contributed by atoms with Crippen molar-refractivity contribution in [1.29, 1.82) is 0 Å². The van der Waals surface area contributed by atoms with Crippen LogP contribution >= 0.6 is 0 Å². The molecule has 3 N–H and O–H groups in total. The van der Waals surface area contributed by atoms with Crippen molar-refractivity contribution in [3.63, 3.8) is 0 Å². The van der Waals surface area contributed by atoms with Crippen LogP contribution in [0.25, 0.3) is 0 Å². The molecular weight excluding hydrogens is 338 g/mol. The highest BCUT2D eigenvalue weighted by Gasteiger charge is 2.13. The summed E-state index contributed by atoms with van der Waals surface area (Å²) in [5.41, 5.74) is 2.50. The Balaban J connectivity index is 4.25. The Kier molecular flexibility index (Phi) is 10.3. The van der Waals surface area contributed by atoms with E-state index in [1.54, 1.807) is 23.9 Å². The second kappa shape index (κ2) is 10.4.